The van der Waals surface area contributed by atoms with E-state index >= 15 is 0 Å². The average molecular weight is 324 g/mol. The first-order valence-corrected chi connectivity index (χ1v) is 7.72. The van der Waals surface area contributed by atoms with Crippen molar-refractivity contribution in [3.05, 3.63) is 35.6 Å². The van der Waals surface area contributed by atoms with Crippen molar-refractivity contribution in [2.45, 2.75) is 39.2 Å². The molecule has 1 unspecified atom stereocenters. The van der Waals surface area contributed by atoms with E-state index in [1.54, 1.807) is 6.92 Å². The summed E-state index contributed by atoms with van der Waals surface area (Å²) in [5, 5.41) is 15.2. The Labute approximate surface area is 136 Å². The number of halogens is 1. The average Bonchev–Trinajstić information content (AvgIpc) is 2.49. The first-order chi connectivity index (χ1) is 10.7. The zero-order chi connectivity index (χ0) is 17.5. The Kier molecular flexibility index (Phi) is 7.16. The molecule has 1 rings (SSSR count). The van der Waals surface area contributed by atoms with Gasteiger partial charge in [-0.2, -0.15) is 0 Å². The van der Waals surface area contributed by atoms with Crippen LogP contribution in [0.1, 0.15) is 44.0 Å². The molecule has 0 saturated carbocycles. The van der Waals surface area contributed by atoms with Gasteiger partial charge in [0.1, 0.15) is 5.82 Å². The van der Waals surface area contributed by atoms with Crippen molar-refractivity contribution in [1.29, 1.82) is 0 Å². The fraction of sp³-hybridized carbons (Fsp3) is 0.529. The van der Waals surface area contributed by atoms with Gasteiger partial charge in [-0.3, -0.25) is 9.59 Å². The van der Waals surface area contributed by atoms with Gasteiger partial charge in [0.2, 0.25) is 5.91 Å². The standard InChI is InChI=1S/C17H25FN2O3/c1-12(2)7-8-17(3,23)11-20-15(21)10-19-16(22)13-5-4-6-14(18)9-13/h4-6,9,12,23H,7-8,10-11H2,1-3H3,(H,19,22)(H,20,21). The summed E-state index contributed by atoms with van der Waals surface area (Å²) in [6.07, 6.45) is 1.44. The second-order valence-electron chi connectivity index (χ2n) is 6.40. The summed E-state index contributed by atoms with van der Waals surface area (Å²) in [5.41, 5.74) is -0.825. The maximum atomic E-state index is 13.0. The molecule has 3 N–H and O–H groups in total. The Morgan fingerprint density at radius 2 is 2.00 bits per heavy atom. The number of hydrogen-bond donors (Lipinski definition) is 3. The second kappa shape index (κ2) is 8.62. The van der Waals surface area contributed by atoms with E-state index < -0.39 is 23.2 Å². The summed E-state index contributed by atoms with van der Waals surface area (Å²) in [7, 11) is 0. The number of rotatable bonds is 8. The van der Waals surface area contributed by atoms with Crippen LogP contribution < -0.4 is 10.6 Å². The monoisotopic (exact) mass is 324 g/mol. The molecule has 0 saturated heterocycles. The van der Waals surface area contributed by atoms with E-state index in [0.29, 0.717) is 12.3 Å². The molecule has 2 amide bonds. The molecular weight excluding hydrogens is 299 g/mol. The first-order valence-electron chi connectivity index (χ1n) is 7.72. The molecule has 0 aliphatic heterocycles. The number of hydrogen-bond acceptors (Lipinski definition) is 3. The molecular formula is C17H25FN2O3. The Morgan fingerprint density at radius 3 is 2.61 bits per heavy atom. The lowest BCUT2D eigenvalue weighted by atomic mass is 9.95. The highest BCUT2D eigenvalue weighted by Crippen LogP contribution is 2.15. The van der Waals surface area contributed by atoms with E-state index in [2.05, 4.69) is 24.5 Å². The van der Waals surface area contributed by atoms with E-state index in [4.69, 9.17) is 0 Å². The molecule has 0 spiro atoms. The number of benzene rings is 1. The molecule has 6 heteroatoms. The van der Waals surface area contributed by atoms with Gasteiger partial charge in [-0.15, -0.1) is 0 Å². The summed E-state index contributed by atoms with van der Waals surface area (Å²) in [5.74, 6) is -0.961. The summed E-state index contributed by atoms with van der Waals surface area (Å²) in [4.78, 5) is 23.5. The van der Waals surface area contributed by atoms with Gasteiger partial charge in [-0.05, 0) is 43.9 Å². The predicted molar refractivity (Wildman–Crippen MR) is 86.4 cm³/mol. The van der Waals surface area contributed by atoms with Gasteiger partial charge in [0, 0.05) is 12.1 Å². The number of amides is 2. The lowest BCUT2D eigenvalue weighted by Gasteiger charge is -2.24. The van der Waals surface area contributed by atoms with Crippen molar-refractivity contribution in [2.24, 2.45) is 5.92 Å². The van der Waals surface area contributed by atoms with Gasteiger partial charge in [0.05, 0.1) is 12.1 Å². The number of nitrogens with one attached hydrogen (secondary N) is 2. The molecule has 5 nitrogen and oxygen atoms in total. The normalized spacial score (nSPS) is 13.5. The highest BCUT2D eigenvalue weighted by Gasteiger charge is 2.21. The topological polar surface area (TPSA) is 78.4 Å². The molecule has 0 heterocycles. The zero-order valence-electron chi connectivity index (χ0n) is 13.9. The zero-order valence-corrected chi connectivity index (χ0v) is 13.9. The van der Waals surface area contributed by atoms with E-state index in [9.17, 15) is 19.1 Å². The molecule has 1 aromatic carbocycles. The second-order valence-corrected chi connectivity index (χ2v) is 6.40. The maximum absolute atomic E-state index is 13.0. The van der Waals surface area contributed by atoms with Crippen molar-refractivity contribution >= 4 is 11.8 Å². The van der Waals surface area contributed by atoms with Crippen molar-refractivity contribution in [2.75, 3.05) is 13.1 Å². The van der Waals surface area contributed by atoms with Crippen molar-refractivity contribution in [3.63, 3.8) is 0 Å². The first kappa shape index (κ1) is 19.1. The summed E-state index contributed by atoms with van der Waals surface area (Å²) >= 11 is 0. The van der Waals surface area contributed by atoms with E-state index in [0.717, 1.165) is 12.5 Å². The van der Waals surface area contributed by atoms with Crippen LogP contribution in [0.25, 0.3) is 0 Å². The molecule has 23 heavy (non-hydrogen) atoms. The molecule has 0 aliphatic rings. The van der Waals surface area contributed by atoms with Crippen LogP contribution in [0.3, 0.4) is 0 Å². The van der Waals surface area contributed by atoms with Crippen LogP contribution in [-0.2, 0) is 4.79 Å². The minimum Gasteiger partial charge on any atom is -0.388 e. The third-order valence-electron chi connectivity index (χ3n) is 3.42. The molecule has 0 aliphatic carbocycles. The van der Waals surface area contributed by atoms with Crippen molar-refractivity contribution in [3.8, 4) is 0 Å². The van der Waals surface area contributed by atoms with Crippen molar-refractivity contribution < 1.29 is 19.1 Å². The molecule has 0 radical (unpaired) electrons. The summed E-state index contributed by atoms with van der Waals surface area (Å²) < 4.78 is 13.0. The number of carbonyl (C=O) groups excluding carboxylic acids is 2. The summed E-state index contributed by atoms with van der Waals surface area (Å²) in [6, 6.07) is 5.23. The molecule has 0 bridgehead atoms. The smallest absolute Gasteiger partial charge is 0.251 e. The van der Waals surface area contributed by atoms with Crippen LogP contribution >= 0.6 is 0 Å². The molecule has 1 atom stereocenters. The van der Waals surface area contributed by atoms with Crippen LogP contribution in [0.15, 0.2) is 24.3 Å². The van der Waals surface area contributed by atoms with E-state index in [1.165, 1.54) is 18.2 Å². The minimum absolute atomic E-state index is 0.119. The quantitative estimate of drug-likeness (QED) is 0.683. The van der Waals surface area contributed by atoms with Crippen LogP contribution in [-0.4, -0.2) is 35.6 Å². The highest BCUT2D eigenvalue weighted by atomic mass is 19.1. The molecule has 0 fully saturated rings. The van der Waals surface area contributed by atoms with Gasteiger partial charge in [-0.25, -0.2) is 4.39 Å². The van der Waals surface area contributed by atoms with E-state index in [-0.39, 0.29) is 18.7 Å². The Hall–Kier alpha value is -1.95. The lowest BCUT2D eigenvalue weighted by molar-refractivity contribution is -0.121. The third kappa shape index (κ3) is 7.74. The van der Waals surface area contributed by atoms with Crippen LogP contribution in [0.5, 0.6) is 0 Å². The molecule has 128 valence electrons. The van der Waals surface area contributed by atoms with Gasteiger partial charge < -0.3 is 15.7 Å². The Morgan fingerprint density at radius 1 is 1.30 bits per heavy atom. The largest absolute Gasteiger partial charge is 0.388 e. The minimum atomic E-state index is -0.980. The van der Waals surface area contributed by atoms with Crippen molar-refractivity contribution in [1.82, 2.24) is 10.6 Å². The predicted octanol–water partition coefficient (Wildman–Crippen LogP) is 1.86. The fourth-order valence-corrected chi connectivity index (χ4v) is 1.93. The fourth-order valence-electron chi connectivity index (χ4n) is 1.93. The van der Waals surface area contributed by atoms with Gasteiger partial charge in [0.25, 0.3) is 5.91 Å². The SMILES string of the molecule is CC(C)CCC(C)(O)CNC(=O)CNC(=O)c1cccc(F)c1. The Balaban J connectivity index is 2.35. The number of aliphatic hydroxyl groups is 1. The molecule has 0 aromatic heterocycles. The van der Waals surface area contributed by atoms with Gasteiger partial charge in [0.15, 0.2) is 0 Å². The van der Waals surface area contributed by atoms with Crippen LogP contribution in [0.4, 0.5) is 4.39 Å². The lowest BCUT2D eigenvalue weighted by Crippen LogP contribution is -2.44. The van der Waals surface area contributed by atoms with Crippen LogP contribution in [0, 0.1) is 11.7 Å². The Bertz CT molecular complexity index is 544. The van der Waals surface area contributed by atoms with Gasteiger partial charge in [-0.1, -0.05) is 19.9 Å². The highest BCUT2D eigenvalue weighted by molar-refractivity contribution is 5.96. The summed E-state index contributed by atoms with van der Waals surface area (Å²) in [6.45, 7) is 5.69. The van der Waals surface area contributed by atoms with Gasteiger partial charge >= 0.3 is 0 Å². The van der Waals surface area contributed by atoms with E-state index in [1.807, 2.05) is 0 Å². The van der Waals surface area contributed by atoms with Crippen LogP contribution in [0.2, 0.25) is 0 Å². The molecule has 1 aromatic rings. The number of carbonyl (C=O) groups is 2. The third-order valence-corrected chi connectivity index (χ3v) is 3.42. The maximum Gasteiger partial charge on any atom is 0.251 e.